The van der Waals surface area contributed by atoms with Gasteiger partial charge < -0.3 is 0 Å². The van der Waals surface area contributed by atoms with Gasteiger partial charge in [-0.2, -0.15) is 0 Å². The van der Waals surface area contributed by atoms with Crippen LogP contribution in [0.5, 0.6) is 0 Å². The maximum absolute atomic E-state index is 5.40. The molecule has 13 heavy (non-hydrogen) atoms. The Morgan fingerprint density at radius 1 is 1.46 bits per heavy atom. The third-order valence-electron chi connectivity index (χ3n) is 1.36. The molecule has 0 N–H and O–H groups in total. The zero-order valence-electron chi connectivity index (χ0n) is 7.62. The summed E-state index contributed by atoms with van der Waals surface area (Å²) in [5, 5.41) is 1.000. The van der Waals surface area contributed by atoms with E-state index in [-0.39, 0.29) is 0 Å². The number of thioether (sulfide) groups is 1. The van der Waals surface area contributed by atoms with Crippen LogP contribution >= 0.6 is 23.4 Å². The van der Waals surface area contributed by atoms with Crippen molar-refractivity contribution in [2.45, 2.75) is 18.9 Å². The van der Waals surface area contributed by atoms with Crippen LogP contribution in [0, 0.1) is 13.8 Å². The highest BCUT2D eigenvalue weighted by Gasteiger charge is 1.97. The molecule has 0 saturated carbocycles. The molecule has 0 radical (unpaired) electrons. The lowest BCUT2D eigenvalue weighted by Crippen LogP contribution is -1.92. The predicted molar refractivity (Wildman–Crippen MR) is 57.2 cm³/mol. The van der Waals surface area contributed by atoms with Gasteiger partial charge in [-0.3, -0.25) is 0 Å². The first kappa shape index (κ1) is 10.5. The first-order valence-corrected chi connectivity index (χ1v) is 5.35. The Morgan fingerprint density at radius 2 is 2.23 bits per heavy atom. The summed E-state index contributed by atoms with van der Waals surface area (Å²) >= 11 is 7.05. The van der Waals surface area contributed by atoms with Gasteiger partial charge in [0.15, 0.2) is 0 Å². The van der Waals surface area contributed by atoms with Gasteiger partial charge in [0.25, 0.3) is 0 Å². The van der Waals surface area contributed by atoms with Gasteiger partial charge in [0.2, 0.25) is 0 Å². The Labute approximate surface area is 87.4 Å². The smallest absolute Gasteiger partial charge is 0.126 e. The molecule has 0 aliphatic rings. The van der Waals surface area contributed by atoms with Crippen molar-refractivity contribution in [1.29, 1.82) is 0 Å². The molecule has 1 aromatic rings. The fraction of sp³-hybridized carbons (Fsp3) is 0.333. The summed E-state index contributed by atoms with van der Waals surface area (Å²) in [5.74, 6) is 1.66. The van der Waals surface area contributed by atoms with Crippen molar-refractivity contribution in [3.8, 4) is 0 Å². The van der Waals surface area contributed by atoms with E-state index in [0.717, 1.165) is 22.3 Å². The number of aromatic nitrogens is 2. The SMILES string of the molecule is Cc1cc(SC/C=C/Cl)nc(C)n1. The fourth-order valence-corrected chi connectivity index (χ4v) is 1.94. The molecule has 0 aromatic carbocycles. The molecule has 0 saturated heterocycles. The second kappa shape index (κ2) is 5.25. The van der Waals surface area contributed by atoms with Gasteiger partial charge >= 0.3 is 0 Å². The summed E-state index contributed by atoms with van der Waals surface area (Å²) < 4.78 is 0. The summed E-state index contributed by atoms with van der Waals surface area (Å²) in [6, 6.07) is 1.97. The minimum absolute atomic E-state index is 0.817. The lowest BCUT2D eigenvalue weighted by atomic mass is 10.4. The summed E-state index contributed by atoms with van der Waals surface area (Å²) in [4.78, 5) is 8.47. The topological polar surface area (TPSA) is 25.8 Å². The fourth-order valence-electron chi connectivity index (χ4n) is 0.927. The first-order valence-electron chi connectivity index (χ1n) is 3.92. The number of aryl methyl sites for hydroxylation is 2. The zero-order valence-corrected chi connectivity index (χ0v) is 9.19. The van der Waals surface area contributed by atoms with Crippen molar-refractivity contribution in [3.63, 3.8) is 0 Å². The Hall–Kier alpha value is -0.540. The van der Waals surface area contributed by atoms with Crippen LogP contribution in [-0.2, 0) is 0 Å². The molecule has 4 heteroatoms. The molecule has 70 valence electrons. The van der Waals surface area contributed by atoms with E-state index in [2.05, 4.69) is 9.97 Å². The summed E-state index contributed by atoms with van der Waals surface area (Å²) in [6.45, 7) is 3.87. The van der Waals surface area contributed by atoms with Crippen LogP contribution in [0.3, 0.4) is 0 Å². The van der Waals surface area contributed by atoms with E-state index in [1.54, 1.807) is 11.8 Å². The Kier molecular flexibility index (Phi) is 4.25. The van der Waals surface area contributed by atoms with E-state index in [0.29, 0.717) is 0 Å². The van der Waals surface area contributed by atoms with Gasteiger partial charge in [-0.05, 0) is 19.9 Å². The standard InChI is InChI=1S/C9H11ClN2S/c1-7-6-9(12-8(2)11-7)13-5-3-4-10/h3-4,6H,5H2,1-2H3/b4-3+. The molecule has 0 fully saturated rings. The van der Waals surface area contributed by atoms with Crippen molar-refractivity contribution in [2.75, 3.05) is 5.75 Å². The highest BCUT2D eigenvalue weighted by molar-refractivity contribution is 7.99. The summed E-state index contributed by atoms with van der Waals surface area (Å²) in [5.41, 5.74) is 2.53. The minimum atomic E-state index is 0.817. The average Bonchev–Trinajstić information content (AvgIpc) is 2.03. The number of rotatable bonds is 3. The monoisotopic (exact) mass is 214 g/mol. The first-order chi connectivity index (χ1) is 6.22. The molecule has 0 atom stereocenters. The number of nitrogens with zero attached hydrogens (tertiary/aromatic N) is 2. The van der Waals surface area contributed by atoms with Crippen LogP contribution < -0.4 is 0 Å². The Bertz CT molecular complexity index is 292. The molecule has 0 aliphatic heterocycles. The second-order valence-corrected chi connectivity index (χ2v) is 3.86. The molecule has 1 heterocycles. The van der Waals surface area contributed by atoms with Crippen molar-refractivity contribution in [3.05, 3.63) is 29.2 Å². The summed E-state index contributed by atoms with van der Waals surface area (Å²) in [6.07, 6.45) is 1.89. The molecule has 0 amide bonds. The summed E-state index contributed by atoms with van der Waals surface area (Å²) in [7, 11) is 0. The van der Waals surface area contributed by atoms with Gasteiger partial charge in [0.1, 0.15) is 10.9 Å². The highest BCUT2D eigenvalue weighted by Crippen LogP contribution is 2.15. The van der Waals surface area contributed by atoms with Crippen LogP contribution in [0.15, 0.2) is 22.7 Å². The van der Waals surface area contributed by atoms with Gasteiger partial charge in [0.05, 0.1) is 0 Å². The highest BCUT2D eigenvalue weighted by atomic mass is 35.5. The lowest BCUT2D eigenvalue weighted by molar-refractivity contribution is 0.937. The molecule has 0 aliphatic carbocycles. The van der Waals surface area contributed by atoms with Gasteiger partial charge in [-0.15, -0.1) is 11.8 Å². The lowest BCUT2D eigenvalue weighted by Gasteiger charge is -2.00. The second-order valence-electron chi connectivity index (χ2n) is 2.57. The molecule has 0 bridgehead atoms. The van der Waals surface area contributed by atoms with Crippen LogP contribution in [0.1, 0.15) is 11.5 Å². The third kappa shape index (κ3) is 3.79. The minimum Gasteiger partial charge on any atom is -0.238 e. The third-order valence-corrected chi connectivity index (χ3v) is 2.40. The van der Waals surface area contributed by atoms with E-state index in [4.69, 9.17) is 11.6 Å². The average molecular weight is 215 g/mol. The number of hydrogen-bond acceptors (Lipinski definition) is 3. The molecule has 2 nitrogen and oxygen atoms in total. The Morgan fingerprint density at radius 3 is 2.85 bits per heavy atom. The van der Waals surface area contributed by atoms with Gasteiger partial charge in [0, 0.05) is 17.0 Å². The molecule has 0 spiro atoms. The van der Waals surface area contributed by atoms with Crippen LogP contribution in [-0.4, -0.2) is 15.7 Å². The maximum Gasteiger partial charge on any atom is 0.126 e. The van der Waals surface area contributed by atoms with E-state index >= 15 is 0 Å². The van der Waals surface area contributed by atoms with Crippen LogP contribution in [0.4, 0.5) is 0 Å². The van der Waals surface area contributed by atoms with Crippen LogP contribution in [0.25, 0.3) is 0 Å². The number of halogens is 1. The largest absolute Gasteiger partial charge is 0.238 e. The molecule has 1 aromatic heterocycles. The molecular weight excluding hydrogens is 204 g/mol. The molecular formula is C9H11ClN2S. The predicted octanol–water partition coefficient (Wildman–Crippen LogP) is 2.94. The van der Waals surface area contributed by atoms with Gasteiger partial charge in [-0.25, -0.2) is 9.97 Å². The molecule has 1 rings (SSSR count). The van der Waals surface area contributed by atoms with Crippen molar-refractivity contribution >= 4 is 23.4 Å². The van der Waals surface area contributed by atoms with Gasteiger partial charge in [-0.1, -0.05) is 17.7 Å². The number of hydrogen-bond donors (Lipinski definition) is 0. The van der Waals surface area contributed by atoms with Crippen molar-refractivity contribution < 1.29 is 0 Å². The Balaban J connectivity index is 2.66. The van der Waals surface area contributed by atoms with Crippen molar-refractivity contribution in [2.24, 2.45) is 0 Å². The molecule has 0 unspecified atom stereocenters. The van der Waals surface area contributed by atoms with Crippen molar-refractivity contribution in [1.82, 2.24) is 9.97 Å². The van der Waals surface area contributed by atoms with E-state index in [1.807, 2.05) is 26.0 Å². The maximum atomic E-state index is 5.40. The zero-order chi connectivity index (χ0) is 9.68. The quantitative estimate of drug-likeness (QED) is 0.572. The van der Waals surface area contributed by atoms with Crippen LogP contribution in [0.2, 0.25) is 0 Å². The van der Waals surface area contributed by atoms with E-state index in [9.17, 15) is 0 Å². The normalized spacial score (nSPS) is 11.0. The van der Waals surface area contributed by atoms with E-state index in [1.165, 1.54) is 5.54 Å². The van der Waals surface area contributed by atoms with E-state index < -0.39 is 0 Å².